The minimum atomic E-state index is 0.155. The van der Waals surface area contributed by atoms with E-state index in [4.69, 9.17) is 0 Å². The van der Waals surface area contributed by atoms with Gasteiger partial charge in [-0.15, -0.1) is 0 Å². The smallest absolute Gasteiger partial charge is 0.255 e. The van der Waals surface area contributed by atoms with E-state index in [0.717, 1.165) is 50.4 Å². The van der Waals surface area contributed by atoms with E-state index in [9.17, 15) is 9.59 Å². The average Bonchev–Trinajstić information content (AvgIpc) is 2.90. The Morgan fingerprint density at radius 3 is 2.33 bits per heavy atom. The summed E-state index contributed by atoms with van der Waals surface area (Å²) in [7, 11) is 0. The second-order valence-electron chi connectivity index (χ2n) is 8.93. The predicted molar refractivity (Wildman–Crippen MR) is 121 cm³/mol. The van der Waals surface area contributed by atoms with Crippen molar-refractivity contribution in [3.8, 4) is 0 Å². The first-order valence-electron chi connectivity index (χ1n) is 11.9. The number of carbonyl (C=O) groups excluding carboxylic acids is 2. The highest BCUT2D eigenvalue weighted by atomic mass is 16.2. The molecule has 0 spiro atoms. The lowest BCUT2D eigenvalue weighted by molar-refractivity contribution is -0.132. The highest BCUT2D eigenvalue weighted by Crippen LogP contribution is 2.32. The third kappa shape index (κ3) is 5.08. The van der Waals surface area contributed by atoms with Crippen molar-refractivity contribution in [2.45, 2.75) is 72.3 Å². The van der Waals surface area contributed by atoms with Gasteiger partial charge in [-0.05, 0) is 53.0 Å². The SMILES string of the molecule is CCN(CC)C(=O)CN1CCCN(C(=O)c2cc(C)n(C3CCCCC3)c2C)CC1. The molecule has 6 nitrogen and oxygen atoms in total. The molecule has 168 valence electrons. The van der Waals surface area contributed by atoms with Gasteiger partial charge in [0.2, 0.25) is 5.91 Å². The number of amides is 2. The number of aryl methyl sites for hydroxylation is 1. The van der Waals surface area contributed by atoms with Crippen LogP contribution in [0.25, 0.3) is 0 Å². The number of nitrogens with zero attached hydrogens (tertiary/aromatic N) is 4. The van der Waals surface area contributed by atoms with Gasteiger partial charge in [0.1, 0.15) is 0 Å². The van der Waals surface area contributed by atoms with Crippen LogP contribution >= 0.6 is 0 Å². The summed E-state index contributed by atoms with van der Waals surface area (Å²) in [5.74, 6) is 0.345. The van der Waals surface area contributed by atoms with Gasteiger partial charge in [0.25, 0.3) is 5.91 Å². The molecular formula is C24H40N4O2. The summed E-state index contributed by atoms with van der Waals surface area (Å²) in [5.41, 5.74) is 3.21. The lowest BCUT2D eigenvalue weighted by Gasteiger charge is -2.27. The highest BCUT2D eigenvalue weighted by molar-refractivity contribution is 5.95. The van der Waals surface area contributed by atoms with Crippen LogP contribution in [0.15, 0.2) is 6.07 Å². The minimum absolute atomic E-state index is 0.155. The molecule has 1 saturated heterocycles. The third-order valence-electron chi connectivity index (χ3n) is 7.01. The molecular weight excluding hydrogens is 376 g/mol. The molecule has 1 aromatic heterocycles. The molecule has 0 aromatic carbocycles. The zero-order chi connectivity index (χ0) is 21.7. The second-order valence-corrected chi connectivity index (χ2v) is 8.93. The Bertz CT molecular complexity index is 732. The van der Waals surface area contributed by atoms with Gasteiger partial charge < -0.3 is 14.4 Å². The van der Waals surface area contributed by atoms with Crippen molar-refractivity contribution >= 4 is 11.8 Å². The van der Waals surface area contributed by atoms with E-state index in [1.165, 1.54) is 37.8 Å². The maximum absolute atomic E-state index is 13.4. The van der Waals surface area contributed by atoms with Gasteiger partial charge in [0.05, 0.1) is 12.1 Å². The van der Waals surface area contributed by atoms with Crippen molar-refractivity contribution < 1.29 is 9.59 Å². The Hall–Kier alpha value is -1.82. The van der Waals surface area contributed by atoms with E-state index in [1.807, 2.05) is 23.6 Å². The summed E-state index contributed by atoms with van der Waals surface area (Å²) >= 11 is 0. The lowest BCUT2D eigenvalue weighted by Crippen LogP contribution is -2.42. The summed E-state index contributed by atoms with van der Waals surface area (Å²) in [4.78, 5) is 31.9. The first-order valence-corrected chi connectivity index (χ1v) is 11.9. The monoisotopic (exact) mass is 416 g/mol. The van der Waals surface area contributed by atoms with Crippen molar-refractivity contribution in [3.05, 3.63) is 23.0 Å². The predicted octanol–water partition coefficient (Wildman–Crippen LogP) is 3.63. The standard InChI is InChI=1S/C24H40N4O2/c1-5-26(6-2)23(29)18-25-13-10-14-27(16-15-25)24(30)22-17-19(3)28(20(22)4)21-11-8-7-9-12-21/h17,21H,5-16,18H2,1-4H3. The molecule has 1 saturated carbocycles. The van der Waals surface area contributed by atoms with Gasteiger partial charge >= 0.3 is 0 Å². The van der Waals surface area contributed by atoms with Gasteiger partial charge in [0.15, 0.2) is 0 Å². The van der Waals surface area contributed by atoms with Gasteiger partial charge in [-0.25, -0.2) is 0 Å². The van der Waals surface area contributed by atoms with Gasteiger partial charge in [0, 0.05) is 56.7 Å². The average molecular weight is 417 g/mol. The summed E-state index contributed by atoms with van der Waals surface area (Å²) in [6.07, 6.45) is 7.28. The van der Waals surface area contributed by atoms with E-state index < -0.39 is 0 Å². The van der Waals surface area contributed by atoms with Crippen molar-refractivity contribution in [3.63, 3.8) is 0 Å². The number of rotatable bonds is 6. The molecule has 6 heteroatoms. The molecule has 0 radical (unpaired) electrons. The largest absolute Gasteiger partial charge is 0.345 e. The van der Waals surface area contributed by atoms with E-state index in [1.54, 1.807) is 0 Å². The van der Waals surface area contributed by atoms with Crippen LogP contribution in [0.5, 0.6) is 0 Å². The van der Waals surface area contributed by atoms with E-state index in [0.29, 0.717) is 19.1 Å². The van der Waals surface area contributed by atoms with Crippen molar-refractivity contribution in [1.29, 1.82) is 0 Å². The summed E-state index contributed by atoms with van der Waals surface area (Å²) in [5, 5.41) is 0. The Balaban J connectivity index is 1.64. The van der Waals surface area contributed by atoms with Crippen LogP contribution in [0, 0.1) is 13.8 Å². The molecule has 2 aliphatic rings. The molecule has 0 N–H and O–H groups in total. The highest BCUT2D eigenvalue weighted by Gasteiger charge is 2.27. The first-order chi connectivity index (χ1) is 14.5. The number of hydrogen-bond donors (Lipinski definition) is 0. The Labute approximate surface area is 182 Å². The molecule has 2 heterocycles. The van der Waals surface area contributed by atoms with E-state index >= 15 is 0 Å². The topological polar surface area (TPSA) is 48.8 Å². The normalized spacial score (nSPS) is 19.0. The van der Waals surface area contributed by atoms with Gasteiger partial charge in [-0.2, -0.15) is 0 Å². The first kappa shape index (κ1) is 22.9. The quantitative estimate of drug-likeness (QED) is 0.712. The number of aromatic nitrogens is 1. The van der Waals surface area contributed by atoms with Crippen LogP contribution in [-0.4, -0.2) is 76.9 Å². The third-order valence-corrected chi connectivity index (χ3v) is 7.01. The molecule has 0 bridgehead atoms. The van der Waals surface area contributed by atoms with Gasteiger partial charge in [-0.1, -0.05) is 19.3 Å². The molecule has 1 aliphatic carbocycles. The van der Waals surface area contributed by atoms with Crippen molar-refractivity contribution in [1.82, 2.24) is 19.3 Å². The fourth-order valence-electron chi connectivity index (χ4n) is 5.26. The lowest BCUT2D eigenvalue weighted by atomic mass is 9.95. The van der Waals surface area contributed by atoms with Crippen LogP contribution < -0.4 is 0 Å². The molecule has 1 aromatic rings. The molecule has 2 amide bonds. The Morgan fingerprint density at radius 2 is 1.67 bits per heavy atom. The molecule has 0 atom stereocenters. The maximum Gasteiger partial charge on any atom is 0.255 e. The number of likely N-dealkylation sites (N-methyl/N-ethyl adjacent to an activating group) is 1. The molecule has 0 unspecified atom stereocenters. The summed E-state index contributed by atoms with van der Waals surface area (Å²) < 4.78 is 2.42. The molecule has 1 aliphatic heterocycles. The van der Waals surface area contributed by atoms with Crippen LogP contribution in [0.2, 0.25) is 0 Å². The Kier molecular flexibility index (Phi) is 7.98. The van der Waals surface area contributed by atoms with Crippen molar-refractivity contribution in [2.24, 2.45) is 0 Å². The maximum atomic E-state index is 13.4. The summed E-state index contributed by atoms with van der Waals surface area (Å²) in [6.45, 7) is 13.4. The van der Waals surface area contributed by atoms with Crippen LogP contribution in [0.4, 0.5) is 0 Å². The van der Waals surface area contributed by atoms with E-state index in [-0.39, 0.29) is 11.8 Å². The second kappa shape index (κ2) is 10.5. The fourth-order valence-corrected chi connectivity index (χ4v) is 5.26. The fraction of sp³-hybridized carbons (Fsp3) is 0.750. The number of carbonyl (C=O) groups is 2. The van der Waals surface area contributed by atoms with Crippen LogP contribution in [-0.2, 0) is 4.79 Å². The zero-order valence-corrected chi connectivity index (χ0v) is 19.5. The molecule has 3 rings (SSSR count). The van der Waals surface area contributed by atoms with E-state index in [2.05, 4.69) is 29.4 Å². The Morgan fingerprint density at radius 1 is 0.967 bits per heavy atom. The van der Waals surface area contributed by atoms with Crippen LogP contribution in [0.3, 0.4) is 0 Å². The zero-order valence-electron chi connectivity index (χ0n) is 19.5. The minimum Gasteiger partial charge on any atom is -0.345 e. The molecule has 2 fully saturated rings. The number of hydrogen-bond acceptors (Lipinski definition) is 3. The summed E-state index contributed by atoms with van der Waals surface area (Å²) in [6, 6.07) is 2.64. The van der Waals surface area contributed by atoms with Crippen LogP contribution in [0.1, 0.15) is 80.2 Å². The molecule has 30 heavy (non-hydrogen) atoms. The van der Waals surface area contributed by atoms with Gasteiger partial charge in [-0.3, -0.25) is 14.5 Å². The van der Waals surface area contributed by atoms with Crippen molar-refractivity contribution in [2.75, 3.05) is 45.8 Å².